The molecule has 0 aliphatic carbocycles. The Bertz CT molecular complexity index is 1050. The van der Waals surface area contributed by atoms with Crippen LogP contribution in [0.1, 0.15) is 42.0 Å². The van der Waals surface area contributed by atoms with Crippen molar-refractivity contribution < 1.29 is 4.79 Å². The van der Waals surface area contributed by atoms with Gasteiger partial charge in [0, 0.05) is 6.54 Å². The summed E-state index contributed by atoms with van der Waals surface area (Å²) in [5.41, 5.74) is 5.81. The van der Waals surface area contributed by atoms with Crippen LogP contribution in [0.2, 0.25) is 0 Å². The van der Waals surface area contributed by atoms with E-state index in [-0.39, 0.29) is 5.91 Å². The SMILES string of the molecule is C=CCn1c(=NC(=O)Cc2ccc(C(C)C)cc2)sc2c(C)cc(C)cc21. The molecule has 0 fully saturated rings. The zero-order valence-corrected chi connectivity index (χ0v) is 17.3. The van der Waals surface area contributed by atoms with Gasteiger partial charge in [0.15, 0.2) is 4.80 Å². The molecule has 0 aliphatic rings. The number of rotatable bonds is 5. The van der Waals surface area contributed by atoms with E-state index < -0.39 is 0 Å². The first-order valence-electron chi connectivity index (χ1n) is 9.27. The van der Waals surface area contributed by atoms with Crippen molar-refractivity contribution >= 4 is 27.5 Å². The number of thiazole rings is 1. The Hall–Kier alpha value is -2.46. The summed E-state index contributed by atoms with van der Waals surface area (Å²) in [6.45, 7) is 13.0. The average molecular weight is 379 g/mol. The van der Waals surface area contributed by atoms with Crippen LogP contribution >= 0.6 is 11.3 Å². The quantitative estimate of drug-likeness (QED) is 0.555. The van der Waals surface area contributed by atoms with Crippen LogP contribution in [-0.2, 0) is 17.8 Å². The maximum absolute atomic E-state index is 12.6. The molecule has 0 saturated heterocycles. The van der Waals surface area contributed by atoms with Crippen molar-refractivity contribution in [2.75, 3.05) is 0 Å². The Balaban J connectivity index is 1.96. The molecule has 1 amide bonds. The molecule has 3 rings (SSSR count). The topological polar surface area (TPSA) is 34.4 Å². The van der Waals surface area contributed by atoms with Gasteiger partial charge in [0.05, 0.1) is 16.6 Å². The molecule has 0 aliphatic heterocycles. The number of carbonyl (C=O) groups excluding carboxylic acids is 1. The Labute approximate surface area is 164 Å². The van der Waals surface area contributed by atoms with Crippen molar-refractivity contribution in [1.82, 2.24) is 4.57 Å². The molecule has 0 radical (unpaired) electrons. The third-order valence-electron chi connectivity index (χ3n) is 4.65. The average Bonchev–Trinajstić information content (AvgIpc) is 2.93. The Morgan fingerprint density at radius 3 is 2.56 bits per heavy atom. The monoisotopic (exact) mass is 378 g/mol. The van der Waals surface area contributed by atoms with Crippen molar-refractivity contribution in [3.05, 3.63) is 76.1 Å². The minimum Gasteiger partial charge on any atom is -0.312 e. The van der Waals surface area contributed by atoms with Crippen LogP contribution < -0.4 is 4.80 Å². The highest BCUT2D eigenvalue weighted by Gasteiger charge is 2.10. The van der Waals surface area contributed by atoms with Crippen LogP contribution in [0.15, 0.2) is 54.0 Å². The predicted molar refractivity (Wildman–Crippen MR) is 114 cm³/mol. The lowest BCUT2D eigenvalue weighted by Gasteiger charge is -2.05. The van der Waals surface area contributed by atoms with Gasteiger partial charge < -0.3 is 4.57 Å². The van der Waals surface area contributed by atoms with E-state index in [0.29, 0.717) is 18.9 Å². The number of benzene rings is 2. The molecule has 1 heterocycles. The molecule has 27 heavy (non-hydrogen) atoms. The van der Waals surface area contributed by atoms with E-state index in [1.54, 1.807) is 11.3 Å². The van der Waals surface area contributed by atoms with Crippen LogP contribution in [-0.4, -0.2) is 10.5 Å². The predicted octanol–water partition coefficient (Wildman–Crippen LogP) is 5.30. The minimum atomic E-state index is -0.119. The molecule has 4 heteroatoms. The molecule has 2 aromatic carbocycles. The smallest absolute Gasteiger partial charge is 0.252 e. The van der Waals surface area contributed by atoms with Gasteiger partial charge in [-0.1, -0.05) is 61.6 Å². The van der Waals surface area contributed by atoms with Gasteiger partial charge in [0.25, 0.3) is 5.91 Å². The van der Waals surface area contributed by atoms with Crippen LogP contribution in [0, 0.1) is 13.8 Å². The van der Waals surface area contributed by atoms with Crippen LogP contribution in [0.3, 0.4) is 0 Å². The van der Waals surface area contributed by atoms with Crippen LogP contribution in [0.25, 0.3) is 10.2 Å². The highest BCUT2D eigenvalue weighted by molar-refractivity contribution is 7.16. The van der Waals surface area contributed by atoms with E-state index in [9.17, 15) is 4.79 Å². The summed E-state index contributed by atoms with van der Waals surface area (Å²) in [6, 6.07) is 12.6. The summed E-state index contributed by atoms with van der Waals surface area (Å²) >= 11 is 1.57. The van der Waals surface area contributed by atoms with Gasteiger partial charge in [-0.15, -0.1) is 6.58 Å². The van der Waals surface area contributed by atoms with Gasteiger partial charge in [-0.05, 0) is 48.1 Å². The van der Waals surface area contributed by atoms with Crippen molar-refractivity contribution in [2.24, 2.45) is 4.99 Å². The summed E-state index contributed by atoms with van der Waals surface area (Å²) in [5.74, 6) is 0.369. The summed E-state index contributed by atoms with van der Waals surface area (Å²) in [5, 5.41) is 0. The number of aromatic nitrogens is 1. The zero-order valence-electron chi connectivity index (χ0n) is 16.5. The van der Waals surface area contributed by atoms with Crippen LogP contribution in [0.5, 0.6) is 0 Å². The highest BCUT2D eigenvalue weighted by atomic mass is 32.1. The van der Waals surface area contributed by atoms with E-state index in [2.05, 4.69) is 68.1 Å². The number of amides is 1. The number of allylic oxidation sites excluding steroid dienone is 1. The van der Waals surface area contributed by atoms with E-state index in [0.717, 1.165) is 15.9 Å². The van der Waals surface area contributed by atoms with E-state index >= 15 is 0 Å². The Kier molecular flexibility index (Phi) is 5.76. The first kappa shape index (κ1) is 19.3. The lowest BCUT2D eigenvalue weighted by atomic mass is 10.0. The standard InChI is InChI=1S/C23H26N2OS/c1-6-11-25-20-13-16(4)12-17(5)22(20)27-23(25)24-21(26)14-18-7-9-19(10-8-18)15(2)3/h6-10,12-13,15H,1,11,14H2,2-5H3. The number of nitrogens with zero attached hydrogens (tertiary/aromatic N) is 2. The second kappa shape index (κ2) is 8.05. The van der Waals surface area contributed by atoms with Gasteiger partial charge in [-0.3, -0.25) is 4.79 Å². The van der Waals surface area contributed by atoms with Gasteiger partial charge in [0.1, 0.15) is 0 Å². The normalized spacial score (nSPS) is 12.1. The van der Waals surface area contributed by atoms with Crippen molar-refractivity contribution in [3.63, 3.8) is 0 Å². The van der Waals surface area contributed by atoms with Gasteiger partial charge in [-0.25, -0.2) is 0 Å². The van der Waals surface area contributed by atoms with E-state index in [1.807, 2.05) is 18.2 Å². The second-order valence-corrected chi connectivity index (χ2v) is 8.27. The maximum Gasteiger partial charge on any atom is 0.252 e. The summed E-state index contributed by atoms with van der Waals surface area (Å²) in [7, 11) is 0. The van der Waals surface area contributed by atoms with Gasteiger partial charge >= 0.3 is 0 Å². The number of fused-ring (bicyclic) bond motifs is 1. The van der Waals surface area contributed by atoms with E-state index in [1.165, 1.54) is 21.4 Å². The summed E-state index contributed by atoms with van der Waals surface area (Å²) in [4.78, 5) is 17.8. The van der Waals surface area contributed by atoms with E-state index in [4.69, 9.17) is 0 Å². The minimum absolute atomic E-state index is 0.119. The third-order valence-corrected chi connectivity index (χ3v) is 5.88. The Morgan fingerprint density at radius 2 is 1.93 bits per heavy atom. The molecule has 1 aromatic heterocycles. The third kappa shape index (κ3) is 4.28. The molecule has 0 atom stereocenters. The first-order valence-corrected chi connectivity index (χ1v) is 10.1. The molecule has 0 saturated carbocycles. The van der Waals surface area contributed by atoms with Gasteiger partial charge in [-0.2, -0.15) is 4.99 Å². The number of carbonyl (C=O) groups is 1. The van der Waals surface area contributed by atoms with Crippen molar-refractivity contribution in [3.8, 4) is 0 Å². The molecule has 3 aromatic rings. The van der Waals surface area contributed by atoms with Crippen molar-refractivity contribution in [1.29, 1.82) is 0 Å². The first-order chi connectivity index (χ1) is 12.9. The molecule has 0 unspecified atom stereocenters. The molecule has 0 N–H and O–H groups in total. The maximum atomic E-state index is 12.6. The fourth-order valence-electron chi connectivity index (χ4n) is 3.24. The molecule has 140 valence electrons. The lowest BCUT2D eigenvalue weighted by molar-refractivity contribution is -0.117. The molecule has 0 bridgehead atoms. The summed E-state index contributed by atoms with van der Waals surface area (Å²) in [6.07, 6.45) is 2.16. The number of aryl methyl sites for hydroxylation is 2. The molecule has 0 spiro atoms. The van der Waals surface area contributed by atoms with Gasteiger partial charge in [0.2, 0.25) is 0 Å². The fraction of sp³-hybridized carbons (Fsp3) is 0.304. The highest BCUT2D eigenvalue weighted by Crippen LogP contribution is 2.23. The zero-order chi connectivity index (χ0) is 19.6. The largest absolute Gasteiger partial charge is 0.312 e. The van der Waals surface area contributed by atoms with Crippen molar-refractivity contribution in [2.45, 2.75) is 46.6 Å². The molecule has 3 nitrogen and oxygen atoms in total. The fourth-order valence-corrected chi connectivity index (χ4v) is 4.35. The number of hydrogen-bond donors (Lipinski definition) is 0. The van der Waals surface area contributed by atoms with Crippen LogP contribution in [0.4, 0.5) is 0 Å². The molecular weight excluding hydrogens is 352 g/mol. The second-order valence-electron chi connectivity index (χ2n) is 7.29. The lowest BCUT2D eigenvalue weighted by Crippen LogP contribution is -2.17. The summed E-state index contributed by atoms with van der Waals surface area (Å²) < 4.78 is 3.25. The molecular formula is C23H26N2OS. The number of hydrogen-bond acceptors (Lipinski definition) is 2. The Morgan fingerprint density at radius 1 is 1.22 bits per heavy atom.